The number of nitrogens with one attached hydrogen (secondary N) is 2. The molecule has 0 spiro atoms. The number of carbonyl (C=O) groups excluding carboxylic acids is 1. The Bertz CT molecular complexity index is 862. The molecule has 3 aromatic rings. The van der Waals surface area contributed by atoms with Crippen molar-refractivity contribution in [1.29, 1.82) is 0 Å². The molecule has 0 fully saturated rings. The lowest BCUT2D eigenvalue weighted by Gasteiger charge is -2.05. The largest absolute Gasteiger partial charge is 0.497 e. The summed E-state index contributed by atoms with van der Waals surface area (Å²) in [5.41, 5.74) is 2.85. The fraction of sp³-hybridized carbons (Fsp3) is 0.167. The highest BCUT2D eigenvalue weighted by atomic mass is 32.2. The Hall–Kier alpha value is -2.80. The Morgan fingerprint density at radius 1 is 1.20 bits per heavy atom. The molecule has 25 heavy (non-hydrogen) atoms. The number of anilines is 1. The van der Waals surface area contributed by atoms with Crippen LogP contribution in [-0.2, 0) is 4.79 Å². The lowest BCUT2D eigenvalue weighted by Crippen LogP contribution is -2.14. The Morgan fingerprint density at radius 3 is 2.68 bits per heavy atom. The summed E-state index contributed by atoms with van der Waals surface area (Å²) in [6.45, 7) is 2.02. The Balaban J connectivity index is 1.56. The van der Waals surface area contributed by atoms with Gasteiger partial charge in [0.25, 0.3) is 0 Å². The van der Waals surface area contributed by atoms with Gasteiger partial charge in [-0.3, -0.25) is 9.89 Å². The SMILES string of the molecule is COc1ccc(NC(=O)CSc2n[nH]c(-c3ccccc3C)n2)cc1. The van der Waals surface area contributed by atoms with Crippen LogP contribution in [-0.4, -0.2) is 34.0 Å². The van der Waals surface area contributed by atoms with Crippen LogP contribution < -0.4 is 10.1 Å². The van der Waals surface area contributed by atoms with E-state index in [1.54, 1.807) is 31.4 Å². The van der Waals surface area contributed by atoms with E-state index in [4.69, 9.17) is 4.74 Å². The average molecular weight is 354 g/mol. The maximum absolute atomic E-state index is 12.0. The lowest BCUT2D eigenvalue weighted by atomic mass is 10.1. The molecule has 0 aliphatic heterocycles. The average Bonchev–Trinajstić information content (AvgIpc) is 3.10. The number of amides is 1. The molecule has 1 heterocycles. The molecule has 6 nitrogen and oxygen atoms in total. The molecule has 0 bridgehead atoms. The predicted octanol–water partition coefficient (Wildman–Crippen LogP) is 3.52. The van der Waals surface area contributed by atoms with Crippen LogP contribution in [0.4, 0.5) is 5.69 Å². The first-order chi connectivity index (χ1) is 12.2. The number of ether oxygens (including phenoxy) is 1. The zero-order chi connectivity index (χ0) is 17.6. The highest BCUT2D eigenvalue weighted by molar-refractivity contribution is 7.99. The Labute approximate surface area is 150 Å². The van der Waals surface area contributed by atoms with E-state index in [1.807, 2.05) is 31.2 Å². The van der Waals surface area contributed by atoms with Crippen molar-refractivity contribution in [2.75, 3.05) is 18.2 Å². The van der Waals surface area contributed by atoms with Crippen LogP contribution in [0, 0.1) is 6.92 Å². The second-order valence-corrected chi connectivity index (χ2v) is 6.29. The minimum Gasteiger partial charge on any atom is -0.497 e. The molecule has 2 aromatic carbocycles. The van der Waals surface area contributed by atoms with E-state index in [1.165, 1.54) is 11.8 Å². The number of benzene rings is 2. The summed E-state index contributed by atoms with van der Waals surface area (Å²) in [5.74, 6) is 1.57. The van der Waals surface area contributed by atoms with Crippen LogP contribution in [0.15, 0.2) is 53.7 Å². The number of methoxy groups -OCH3 is 1. The van der Waals surface area contributed by atoms with Crippen LogP contribution in [0.2, 0.25) is 0 Å². The summed E-state index contributed by atoms with van der Waals surface area (Å²) in [7, 11) is 1.60. The molecular formula is C18H18N4O2S. The van der Waals surface area contributed by atoms with Crippen molar-refractivity contribution >= 4 is 23.4 Å². The third-order valence-corrected chi connectivity index (χ3v) is 4.42. The summed E-state index contributed by atoms with van der Waals surface area (Å²) in [5, 5.41) is 10.5. The summed E-state index contributed by atoms with van der Waals surface area (Å²) < 4.78 is 5.09. The van der Waals surface area contributed by atoms with Gasteiger partial charge in [-0.05, 0) is 36.8 Å². The minimum atomic E-state index is -0.114. The molecule has 128 valence electrons. The van der Waals surface area contributed by atoms with Gasteiger partial charge in [-0.1, -0.05) is 36.0 Å². The first-order valence-electron chi connectivity index (χ1n) is 7.71. The highest BCUT2D eigenvalue weighted by Gasteiger charge is 2.10. The number of rotatable bonds is 6. The number of aryl methyl sites for hydroxylation is 1. The Morgan fingerprint density at radius 2 is 1.96 bits per heavy atom. The van der Waals surface area contributed by atoms with Crippen LogP contribution in [0.1, 0.15) is 5.56 Å². The summed E-state index contributed by atoms with van der Waals surface area (Å²) in [6.07, 6.45) is 0. The van der Waals surface area contributed by atoms with Gasteiger partial charge in [0.15, 0.2) is 5.82 Å². The normalized spacial score (nSPS) is 10.5. The van der Waals surface area contributed by atoms with E-state index in [0.29, 0.717) is 11.0 Å². The molecule has 0 radical (unpaired) electrons. The minimum absolute atomic E-state index is 0.114. The fourth-order valence-electron chi connectivity index (χ4n) is 2.27. The van der Waals surface area contributed by atoms with E-state index in [-0.39, 0.29) is 11.7 Å². The molecule has 2 N–H and O–H groups in total. The van der Waals surface area contributed by atoms with Gasteiger partial charge in [0.1, 0.15) is 5.75 Å². The third kappa shape index (κ3) is 4.39. The first-order valence-corrected chi connectivity index (χ1v) is 8.69. The van der Waals surface area contributed by atoms with Gasteiger partial charge in [0, 0.05) is 11.3 Å². The van der Waals surface area contributed by atoms with Gasteiger partial charge in [-0.25, -0.2) is 4.98 Å². The maximum Gasteiger partial charge on any atom is 0.234 e. The molecule has 3 rings (SSSR count). The van der Waals surface area contributed by atoms with Crippen molar-refractivity contribution in [2.24, 2.45) is 0 Å². The van der Waals surface area contributed by atoms with Crippen LogP contribution >= 0.6 is 11.8 Å². The van der Waals surface area contributed by atoms with Crippen LogP contribution in [0.3, 0.4) is 0 Å². The van der Waals surface area contributed by atoms with Gasteiger partial charge in [-0.15, -0.1) is 5.10 Å². The second-order valence-electron chi connectivity index (χ2n) is 5.35. The number of aromatic nitrogens is 3. The molecule has 0 saturated carbocycles. The molecule has 1 aromatic heterocycles. The Kier molecular flexibility index (Phi) is 5.35. The van der Waals surface area contributed by atoms with Gasteiger partial charge in [0.05, 0.1) is 12.9 Å². The molecule has 0 aliphatic rings. The van der Waals surface area contributed by atoms with Gasteiger partial charge in [-0.2, -0.15) is 0 Å². The van der Waals surface area contributed by atoms with E-state index in [2.05, 4.69) is 20.5 Å². The molecule has 1 amide bonds. The van der Waals surface area contributed by atoms with E-state index in [0.717, 1.165) is 22.6 Å². The van der Waals surface area contributed by atoms with Crippen LogP contribution in [0.25, 0.3) is 11.4 Å². The number of aromatic amines is 1. The summed E-state index contributed by atoms with van der Waals surface area (Å²) in [4.78, 5) is 16.5. The highest BCUT2D eigenvalue weighted by Crippen LogP contribution is 2.22. The topological polar surface area (TPSA) is 79.9 Å². The van der Waals surface area contributed by atoms with Crippen molar-refractivity contribution < 1.29 is 9.53 Å². The van der Waals surface area contributed by atoms with Gasteiger partial charge < -0.3 is 10.1 Å². The quantitative estimate of drug-likeness (QED) is 0.662. The molecule has 0 aliphatic carbocycles. The van der Waals surface area contributed by atoms with Crippen molar-refractivity contribution in [3.05, 3.63) is 54.1 Å². The van der Waals surface area contributed by atoms with Gasteiger partial charge >= 0.3 is 0 Å². The number of hydrogen-bond acceptors (Lipinski definition) is 5. The number of nitrogens with zero attached hydrogens (tertiary/aromatic N) is 2. The van der Waals surface area contributed by atoms with E-state index in [9.17, 15) is 4.79 Å². The number of hydrogen-bond donors (Lipinski definition) is 2. The third-order valence-electron chi connectivity index (χ3n) is 3.57. The van der Waals surface area contributed by atoms with Crippen LogP contribution in [0.5, 0.6) is 5.75 Å². The number of carbonyl (C=O) groups is 1. The zero-order valence-electron chi connectivity index (χ0n) is 13.9. The molecule has 7 heteroatoms. The smallest absolute Gasteiger partial charge is 0.234 e. The van der Waals surface area contributed by atoms with Crippen molar-refractivity contribution in [3.63, 3.8) is 0 Å². The van der Waals surface area contributed by atoms with Crippen molar-refractivity contribution in [1.82, 2.24) is 15.2 Å². The lowest BCUT2D eigenvalue weighted by molar-refractivity contribution is -0.113. The number of H-pyrrole nitrogens is 1. The van der Waals surface area contributed by atoms with Crippen molar-refractivity contribution in [3.8, 4) is 17.1 Å². The number of thioether (sulfide) groups is 1. The first kappa shape index (κ1) is 17.0. The van der Waals surface area contributed by atoms with Crippen molar-refractivity contribution in [2.45, 2.75) is 12.1 Å². The molecule has 0 unspecified atom stereocenters. The summed E-state index contributed by atoms with van der Waals surface area (Å²) in [6, 6.07) is 15.1. The van der Waals surface area contributed by atoms with Gasteiger partial charge in [0.2, 0.25) is 11.1 Å². The van der Waals surface area contributed by atoms with E-state index >= 15 is 0 Å². The molecule has 0 atom stereocenters. The maximum atomic E-state index is 12.0. The second kappa shape index (κ2) is 7.85. The summed E-state index contributed by atoms with van der Waals surface area (Å²) >= 11 is 1.29. The predicted molar refractivity (Wildman–Crippen MR) is 98.9 cm³/mol. The monoisotopic (exact) mass is 354 g/mol. The standard InChI is InChI=1S/C18H18N4O2S/c1-12-5-3-4-6-15(12)17-20-18(22-21-17)25-11-16(23)19-13-7-9-14(24-2)10-8-13/h3-10H,11H2,1-2H3,(H,19,23)(H,20,21,22). The fourth-order valence-corrected chi connectivity index (χ4v) is 2.87. The zero-order valence-corrected chi connectivity index (χ0v) is 14.8. The van der Waals surface area contributed by atoms with E-state index < -0.39 is 0 Å². The molecular weight excluding hydrogens is 336 g/mol. The molecule has 0 saturated heterocycles.